The number of fused-ring (bicyclic) bond motifs is 1. The average Bonchev–Trinajstić information content (AvgIpc) is 2.68. The van der Waals surface area contributed by atoms with E-state index in [-0.39, 0.29) is 11.5 Å². The first-order valence-corrected chi connectivity index (χ1v) is 8.98. The van der Waals surface area contributed by atoms with Crippen molar-refractivity contribution in [2.24, 2.45) is 5.92 Å². The van der Waals surface area contributed by atoms with E-state index in [1.807, 2.05) is 35.2 Å². The minimum absolute atomic E-state index is 0.0972. The maximum Gasteiger partial charge on any atom is 0.353 e. The predicted octanol–water partition coefficient (Wildman–Crippen LogP) is 3.91. The predicted molar refractivity (Wildman–Crippen MR) is 104 cm³/mol. The largest absolute Gasteiger partial charge is 0.353 e. The number of hydrogen-bond acceptors (Lipinski definition) is 7. The van der Waals surface area contributed by atoms with Gasteiger partial charge in [0.1, 0.15) is 6.33 Å². The maximum absolute atomic E-state index is 11.8. The van der Waals surface area contributed by atoms with Gasteiger partial charge in [0.2, 0.25) is 11.6 Å². The summed E-state index contributed by atoms with van der Waals surface area (Å²) in [6, 6.07) is 9.47. The Bertz CT molecular complexity index is 980. The lowest BCUT2D eigenvalue weighted by Gasteiger charge is -2.30. The molecule has 27 heavy (non-hydrogen) atoms. The van der Waals surface area contributed by atoms with Gasteiger partial charge in [-0.1, -0.05) is 25.1 Å². The normalized spacial score (nSPS) is 15.1. The third kappa shape index (κ3) is 3.38. The molecular weight excluding hydrogens is 344 g/mol. The van der Waals surface area contributed by atoms with Crippen molar-refractivity contribution in [1.82, 2.24) is 15.0 Å². The first-order valence-electron chi connectivity index (χ1n) is 8.98. The van der Waals surface area contributed by atoms with Gasteiger partial charge in [0, 0.05) is 24.7 Å². The SMILES string of the molecule is CC1CCN(c2ncnc(Nc3cccc4cccnc34)c2[N+](=O)[O-])CC1. The van der Waals surface area contributed by atoms with E-state index in [0.29, 0.717) is 17.4 Å². The number of hydrogen-bond donors (Lipinski definition) is 1. The highest BCUT2D eigenvalue weighted by molar-refractivity contribution is 5.92. The van der Waals surface area contributed by atoms with Gasteiger partial charge in [-0.05, 0) is 30.9 Å². The smallest absolute Gasteiger partial charge is 0.351 e. The van der Waals surface area contributed by atoms with E-state index in [9.17, 15) is 10.1 Å². The molecule has 1 N–H and O–H groups in total. The Labute approximate surface area is 156 Å². The summed E-state index contributed by atoms with van der Waals surface area (Å²) < 4.78 is 0. The van der Waals surface area contributed by atoms with Gasteiger partial charge >= 0.3 is 5.69 Å². The fourth-order valence-electron chi connectivity index (χ4n) is 3.41. The molecule has 1 saturated heterocycles. The van der Waals surface area contributed by atoms with Gasteiger partial charge in [-0.2, -0.15) is 0 Å². The van der Waals surface area contributed by atoms with E-state index >= 15 is 0 Å². The quantitative estimate of drug-likeness (QED) is 0.553. The lowest BCUT2D eigenvalue weighted by molar-refractivity contribution is -0.383. The number of rotatable bonds is 4. The van der Waals surface area contributed by atoms with Gasteiger partial charge in [0.15, 0.2) is 0 Å². The molecule has 1 aromatic carbocycles. The molecule has 4 rings (SSSR count). The second-order valence-corrected chi connectivity index (χ2v) is 6.83. The van der Waals surface area contributed by atoms with Crippen LogP contribution in [0.25, 0.3) is 10.9 Å². The van der Waals surface area contributed by atoms with Crippen molar-refractivity contribution < 1.29 is 4.92 Å². The highest BCUT2D eigenvalue weighted by Crippen LogP contribution is 2.36. The van der Waals surface area contributed by atoms with Crippen LogP contribution in [-0.4, -0.2) is 33.0 Å². The van der Waals surface area contributed by atoms with Crippen LogP contribution >= 0.6 is 0 Å². The molecule has 138 valence electrons. The van der Waals surface area contributed by atoms with Crippen molar-refractivity contribution in [2.45, 2.75) is 19.8 Å². The number of para-hydroxylation sites is 1. The number of nitrogens with one attached hydrogen (secondary N) is 1. The van der Waals surface area contributed by atoms with E-state index < -0.39 is 4.92 Å². The average molecular weight is 364 g/mol. The van der Waals surface area contributed by atoms with Gasteiger partial charge < -0.3 is 10.2 Å². The Kier molecular flexibility index (Phi) is 4.53. The molecule has 3 heterocycles. The van der Waals surface area contributed by atoms with Gasteiger partial charge in [-0.25, -0.2) is 9.97 Å². The molecule has 1 aliphatic rings. The highest BCUT2D eigenvalue weighted by atomic mass is 16.6. The molecule has 8 heteroatoms. The molecule has 8 nitrogen and oxygen atoms in total. The van der Waals surface area contributed by atoms with Crippen LogP contribution < -0.4 is 10.2 Å². The Hall–Kier alpha value is -3.29. The fourth-order valence-corrected chi connectivity index (χ4v) is 3.41. The summed E-state index contributed by atoms with van der Waals surface area (Å²) in [5.41, 5.74) is 1.31. The van der Waals surface area contributed by atoms with E-state index in [1.54, 1.807) is 6.20 Å². The molecule has 0 saturated carbocycles. The van der Waals surface area contributed by atoms with Crippen molar-refractivity contribution in [3.05, 3.63) is 53.0 Å². The third-order valence-corrected chi connectivity index (χ3v) is 4.95. The van der Waals surface area contributed by atoms with Crippen LogP contribution in [0.1, 0.15) is 19.8 Å². The molecule has 0 unspecified atom stereocenters. The lowest BCUT2D eigenvalue weighted by Crippen LogP contribution is -2.34. The summed E-state index contributed by atoms with van der Waals surface area (Å²) in [5.74, 6) is 1.18. The number of pyridine rings is 1. The van der Waals surface area contributed by atoms with Crippen molar-refractivity contribution in [1.29, 1.82) is 0 Å². The van der Waals surface area contributed by atoms with Crippen molar-refractivity contribution in [2.75, 3.05) is 23.3 Å². The summed E-state index contributed by atoms with van der Waals surface area (Å²) >= 11 is 0. The van der Waals surface area contributed by atoms with Gasteiger partial charge in [-0.3, -0.25) is 15.1 Å². The minimum Gasteiger partial charge on any atom is -0.351 e. The zero-order chi connectivity index (χ0) is 18.8. The van der Waals surface area contributed by atoms with E-state index in [2.05, 4.69) is 27.2 Å². The van der Waals surface area contributed by atoms with E-state index in [0.717, 1.165) is 36.8 Å². The van der Waals surface area contributed by atoms with E-state index in [4.69, 9.17) is 0 Å². The summed E-state index contributed by atoms with van der Waals surface area (Å²) in [5, 5.41) is 15.9. The Morgan fingerprint density at radius 3 is 2.70 bits per heavy atom. The number of aromatic nitrogens is 3. The molecule has 0 radical (unpaired) electrons. The Morgan fingerprint density at radius 2 is 1.93 bits per heavy atom. The standard InChI is InChI=1S/C19H20N6O2/c1-13-7-10-24(11-8-13)19-17(25(26)27)18(21-12-22-19)23-15-6-2-4-14-5-3-9-20-16(14)15/h2-6,9,12-13H,7-8,10-11H2,1H3,(H,21,22,23). The second kappa shape index (κ2) is 7.14. The van der Waals surface area contributed by atoms with Crippen LogP contribution in [0.15, 0.2) is 42.9 Å². The first kappa shape index (κ1) is 17.1. The zero-order valence-corrected chi connectivity index (χ0v) is 15.0. The van der Waals surface area contributed by atoms with Crippen molar-refractivity contribution in [3.8, 4) is 0 Å². The molecular formula is C19H20N6O2. The van der Waals surface area contributed by atoms with Crippen LogP contribution in [-0.2, 0) is 0 Å². The molecule has 1 aliphatic heterocycles. The summed E-state index contributed by atoms with van der Waals surface area (Å²) in [6.07, 6.45) is 5.07. The van der Waals surface area contributed by atoms with E-state index in [1.165, 1.54) is 6.33 Å². The number of nitrogens with zero attached hydrogens (tertiary/aromatic N) is 5. The van der Waals surface area contributed by atoms with Crippen LogP contribution in [0.3, 0.4) is 0 Å². The molecule has 1 fully saturated rings. The monoisotopic (exact) mass is 364 g/mol. The topological polar surface area (TPSA) is 97.1 Å². The molecule has 0 aliphatic carbocycles. The minimum atomic E-state index is -0.408. The maximum atomic E-state index is 11.8. The second-order valence-electron chi connectivity index (χ2n) is 6.83. The number of anilines is 3. The van der Waals surface area contributed by atoms with Gasteiger partial charge in [-0.15, -0.1) is 0 Å². The number of nitro groups is 1. The van der Waals surface area contributed by atoms with Crippen molar-refractivity contribution in [3.63, 3.8) is 0 Å². The first-order chi connectivity index (χ1) is 13.1. The molecule has 0 spiro atoms. The number of piperidine rings is 1. The summed E-state index contributed by atoms with van der Waals surface area (Å²) in [6.45, 7) is 3.72. The molecule has 0 amide bonds. The van der Waals surface area contributed by atoms with Crippen LogP contribution in [0.4, 0.5) is 23.0 Å². The Balaban J connectivity index is 1.74. The third-order valence-electron chi connectivity index (χ3n) is 4.95. The van der Waals surface area contributed by atoms with Crippen LogP contribution in [0, 0.1) is 16.0 Å². The lowest BCUT2D eigenvalue weighted by atomic mass is 9.99. The highest BCUT2D eigenvalue weighted by Gasteiger charge is 2.29. The Morgan fingerprint density at radius 1 is 1.15 bits per heavy atom. The van der Waals surface area contributed by atoms with Crippen LogP contribution in [0.5, 0.6) is 0 Å². The van der Waals surface area contributed by atoms with Gasteiger partial charge in [0.25, 0.3) is 0 Å². The molecule has 0 bridgehead atoms. The van der Waals surface area contributed by atoms with Crippen molar-refractivity contribution >= 4 is 33.9 Å². The number of benzene rings is 1. The summed E-state index contributed by atoms with van der Waals surface area (Å²) in [7, 11) is 0. The van der Waals surface area contributed by atoms with Crippen LogP contribution in [0.2, 0.25) is 0 Å². The molecule has 2 aromatic heterocycles. The van der Waals surface area contributed by atoms with Gasteiger partial charge in [0.05, 0.1) is 16.1 Å². The molecule has 0 atom stereocenters. The fraction of sp³-hybridized carbons (Fsp3) is 0.316. The zero-order valence-electron chi connectivity index (χ0n) is 15.0. The molecule has 3 aromatic rings. The summed E-state index contributed by atoms with van der Waals surface area (Å²) in [4.78, 5) is 26.2.